The molecule has 8 nitrogen and oxygen atoms in total. The molecule has 8 heteroatoms. The van der Waals surface area contributed by atoms with Crippen LogP contribution in [0.25, 0.3) is 0 Å². The van der Waals surface area contributed by atoms with Gasteiger partial charge in [0.1, 0.15) is 17.2 Å². The SMILES string of the molecule is CN=C(NCCc1c(OC)cc(OC)cc1OC)N1CCC(CN2CCOCC2)C1. The lowest BCUT2D eigenvalue weighted by molar-refractivity contribution is 0.0315. The summed E-state index contributed by atoms with van der Waals surface area (Å²) in [7, 11) is 6.83. The first kappa shape index (κ1) is 22.5. The fraction of sp³-hybridized carbons (Fsp3) is 0.682. The van der Waals surface area contributed by atoms with Crippen LogP contribution in [0.2, 0.25) is 0 Å². The second kappa shape index (κ2) is 11.3. The van der Waals surface area contributed by atoms with Crippen LogP contribution in [0.5, 0.6) is 17.2 Å². The Morgan fingerprint density at radius 3 is 2.40 bits per heavy atom. The van der Waals surface area contributed by atoms with Gasteiger partial charge in [0.25, 0.3) is 0 Å². The van der Waals surface area contributed by atoms with E-state index in [1.165, 1.54) is 6.42 Å². The van der Waals surface area contributed by atoms with E-state index in [9.17, 15) is 0 Å². The van der Waals surface area contributed by atoms with Gasteiger partial charge in [0.2, 0.25) is 0 Å². The smallest absolute Gasteiger partial charge is 0.193 e. The minimum Gasteiger partial charge on any atom is -0.496 e. The first-order valence-electron chi connectivity index (χ1n) is 10.7. The molecule has 0 amide bonds. The van der Waals surface area contributed by atoms with Crippen molar-refractivity contribution in [2.75, 3.05) is 80.9 Å². The molecule has 1 unspecified atom stereocenters. The zero-order valence-electron chi connectivity index (χ0n) is 18.8. The molecule has 1 N–H and O–H groups in total. The molecule has 2 aliphatic heterocycles. The fourth-order valence-corrected chi connectivity index (χ4v) is 4.28. The van der Waals surface area contributed by atoms with Gasteiger partial charge in [-0.05, 0) is 18.8 Å². The molecule has 168 valence electrons. The van der Waals surface area contributed by atoms with E-state index in [4.69, 9.17) is 18.9 Å². The number of methoxy groups -OCH3 is 3. The highest BCUT2D eigenvalue weighted by atomic mass is 16.5. The van der Waals surface area contributed by atoms with Gasteiger partial charge in [0.15, 0.2) is 5.96 Å². The highest BCUT2D eigenvalue weighted by Crippen LogP contribution is 2.34. The number of ether oxygens (including phenoxy) is 4. The zero-order valence-corrected chi connectivity index (χ0v) is 18.8. The minimum absolute atomic E-state index is 0.684. The highest BCUT2D eigenvalue weighted by Gasteiger charge is 2.27. The Morgan fingerprint density at radius 2 is 1.80 bits per heavy atom. The van der Waals surface area contributed by atoms with E-state index in [0.717, 1.165) is 87.7 Å². The second-order valence-electron chi connectivity index (χ2n) is 7.75. The van der Waals surface area contributed by atoms with Gasteiger partial charge in [-0.25, -0.2) is 0 Å². The van der Waals surface area contributed by atoms with Crippen molar-refractivity contribution in [2.45, 2.75) is 12.8 Å². The molecule has 1 atom stereocenters. The minimum atomic E-state index is 0.684. The van der Waals surface area contributed by atoms with Gasteiger partial charge < -0.3 is 29.2 Å². The molecule has 1 aromatic rings. The number of likely N-dealkylation sites (tertiary alicyclic amines) is 1. The normalized spacial score (nSPS) is 20.3. The van der Waals surface area contributed by atoms with Crippen LogP contribution in [0.3, 0.4) is 0 Å². The van der Waals surface area contributed by atoms with Crippen LogP contribution in [0, 0.1) is 5.92 Å². The van der Waals surface area contributed by atoms with Crippen LogP contribution < -0.4 is 19.5 Å². The maximum absolute atomic E-state index is 5.56. The predicted octanol–water partition coefficient (Wildman–Crippen LogP) is 1.48. The Morgan fingerprint density at radius 1 is 1.10 bits per heavy atom. The fourth-order valence-electron chi connectivity index (χ4n) is 4.28. The van der Waals surface area contributed by atoms with Gasteiger partial charge in [-0.3, -0.25) is 9.89 Å². The quantitative estimate of drug-likeness (QED) is 0.505. The predicted molar refractivity (Wildman–Crippen MR) is 118 cm³/mol. The summed E-state index contributed by atoms with van der Waals surface area (Å²) in [4.78, 5) is 9.40. The molecule has 3 rings (SSSR count). The molecule has 2 fully saturated rings. The summed E-state index contributed by atoms with van der Waals surface area (Å²) in [5.41, 5.74) is 1.02. The molecule has 1 aromatic carbocycles. The topological polar surface area (TPSA) is 67.8 Å². The number of rotatable bonds is 8. The van der Waals surface area contributed by atoms with Crippen molar-refractivity contribution in [2.24, 2.45) is 10.9 Å². The number of benzene rings is 1. The van der Waals surface area contributed by atoms with Crippen LogP contribution in [0.15, 0.2) is 17.1 Å². The van der Waals surface area contributed by atoms with Gasteiger partial charge in [-0.2, -0.15) is 0 Å². The van der Waals surface area contributed by atoms with Crippen LogP contribution in [-0.4, -0.2) is 96.6 Å². The first-order valence-corrected chi connectivity index (χ1v) is 10.7. The van der Waals surface area contributed by atoms with E-state index in [1.807, 2.05) is 19.2 Å². The largest absolute Gasteiger partial charge is 0.496 e. The number of hydrogen-bond donors (Lipinski definition) is 1. The Balaban J connectivity index is 1.52. The van der Waals surface area contributed by atoms with Crippen molar-refractivity contribution in [3.63, 3.8) is 0 Å². The first-order chi connectivity index (χ1) is 14.7. The molecule has 2 heterocycles. The lowest BCUT2D eigenvalue weighted by Crippen LogP contribution is -2.42. The van der Waals surface area contributed by atoms with E-state index >= 15 is 0 Å². The van der Waals surface area contributed by atoms with Gasteiger partial charge in [-0.15, -0.1) is 0 Å². The van der Waals surface area contributed by atoms with E-state index in [0.29, 0.717) is 5.92 Å². The van der Waals surface area contributed by atoms with E-state index in [1.54, 1.807) is 21.3 Å². The maximum Gasteiger partial charge on any atom is 0.193 e. The van der Waals surface area contributed by atoms with Gasteiger partial charge >= 0.3 is 0 Å². The molecule has 0 bridgehead atoms. The third-order valence-corrected chi connectivity index (χ3v) is 5.89. The summed E-state index contributed by atoms with van der Waals surface area (Å²) in [6.45, 7) is 7.81. The van der Waals surface area contributed by atoms with Crippen molar-refractivity contribution in [3.05, 3.63) is 17.7 Å². The summed E-state index contributed by atoms with van der Waals surface area (Å²) in [5, 5.41) is 3.52. The Kier molecular flexibility index (Phi) is 8.45. The van der Waals surface area contributed by atoms with Crippen molar-refractivity contribution < 1.29 is 18.9 Å². The molecule has 0 aliphatic carbocycles. The summed E-state index contributed by atoms with van der Waals surface area (Å²) in [6.07, 6.45) is 1.97. The third kappa shape index (κ3) is 5.70. The van der Waals surface area contributed by atoms with Gasteiger partial charge in [-0.1, -0.05) is 0 Å². The lowest BCUT2D eigenvalue weighted by atomic mass is 10.1. The number of hydrogen-bond acceptors (Lipinski definition) is 6. The summed E-state index contributed by atoms with van der Waals surface area (Å²) in [5.74, 6) is 3.92. The molecule has 2 saturated heterocycles. The molecule has 2 aliphatic rings. The second-order valence-corrected chi connectivity index (χ2v) is 7.75. The molecule has 0 radical (unpaired) electrons. The number of guanidine groups is 1. The zero-order chi connectivity index (χ0) is 21.3. The Bertz CT molecular complexity index is 681. The monoisotopic (exact) mass is 420 g/mol. The van der Waals surface area contributed by atoms with Crippen LogP contribution in [-0.2, 0) is 11.2 Å². The lowest BCUT2D eigenvalue weighted by Gasteiger charge is -2.29. The standard InChI is InChI=1S/C22H36N4O4/c1-23-22(26-8-6-17(16-26)15-25-9-11-30-12-10-25)24-7-5-19-20(28-3)13-18(27-2)14-21(19)29-4/h13-14,17H,5-12,15-16H2,1-4H3,(H,23,24). The molecule has 0 aromatic heterocycles. The Hall–Kier alpha value is -2.19. The van der Waals surface area contributed by atoms with E-state index < -0.39 is 0 Å². The molecule has 0 spiro atoms. The maximum atomic E-state index is 5.56. The van der Waals surface area contributed by atoms with E-state index in [2.05, 4.69) is 20.1 Å². The number of aliphatic imine (C=N–C) groups is 1. The Labute approximate surface area is 180 Å². The van der Waals surface area contributed by atoms with E-state index in [-0.39, 0.29) is 0 Å². The highest BCUT2D eigenvalue weighted by molar-refractivity contribution is 5.80. The number of nitrogens with one attached hydrogen (secondary N) is 1. The molecular weight excluding hydrogens is 384 g/mol. The summed E-state index contributed by atoms with van der Waals surface area (Å²) >= 11 is 0. The molecule has 30 heavy (non-hydrogen) atoms. The van der Waals surface area contributed by atoms with Crippen molar-refractivity contribution in [1.29, 1.82) is 0 Å². The number of morpholine rings is 1. The molecular formula is C22H36N4O4. The van der Waals surface area contributed by atoms with Gasteiger partial charge in [0.05, 0.1) is 34.5 Å². The van der Waals surface area contributed by atoms with Crippen LogP contribution in [0.1, 0.15) is 12.0 Å². The third-order valence-electron chi connectivity index (χ3n) is 5.89. The van der Waals surface area contributed by atoms with Crippen LogP contribution >= 0.6 is 0 Å². The average molecular weight is 421 g/mol. The summed E-state index contributed by atoms with van der Waals surface area (Å²) < 4.78 is 21.9. The van der Waals surface area contributed by atoms with Crippen molar-refractivity contribution in [1.82, 2.24) is 15.1 Å². The van der Waals surface area contributed by atoms with Crippen LogP contribution in [0.4, 0.5) is 0 Å². The van der Waals surface area contributed by atoms with Crippen molar-refractivity contribution in [3.8, 4) is 17.2 Å². The average Bonchev–Trinajstić information content (AvgIpc) is 3.25. The number of nitrogens with zero attached hydrogens (tertiary/aromatic N) is 3. The van der Waals surface area contributed by atoms with Crippen molar-refractivity contribution >= 4 is 5.96 Å². The summed E-state index contributed by atoms with van der Waals surface area (Å²) in [6, 6.07) is 3.78. The molecule has 0 saturated carbocycles. The van der Waals surface area contributed by atoms with Gasteiger partial charge in [0, 0.05) is 64.0 Å².